The Labute approximate surface area is 130 Å². The van der Waals surface area contributed by atoms with Gasteiger partial charge in [0.15, 0.2) is 0 Å². The number of piperidine rings is 1. The van der Waals surface area contributed by atoms with Crippen molar-refractivity contribution in [3.63, 3.8) is 0 Å². The molecular formula is C16H22N2O4. The predicted octanol–water partition coefficient (Wildman–Crippen LogP) is 1.88. The predicted molar refractivity (Wildman–Crippen MR) is 82.0 cm³/mol. The lowest BCUT2D eigenvalue weighted by atomic mass is 9.99. The minimum absolute atomic E-state index is 0.223. The molecule has 1 saturated heterocycles. The quantitative estimate of drug-likeness (QED) is 0.814. The molecule has 0 aliphatic carbocycles. The maximum Gasteiger partial charge on any atom is 0.317 e. The van der Waals surface area contributed by atoms with Gasteiger partial charge < -0.3 is 20.1 Å². The molecule has 2 N–H and O–H groups in total. The van der Waals surface area contributed by atoms with E-state index >= 15 is 0 Å². The third-order valence-electron chi connectivity index (χ3n) is 3.79. The highest BCUT2D eigenvalue weighted by molar-refractivity contribution is 5.76. The van der Waals surface area contributed by atoms with Gasteiger partial charge in [-0.15, -0.1) is 0 Å². The van der Waals surface area contributed by atoms with Crippen LogP contribution in [0.4, 0.5) is 4.79 Å². The lowest BCUT2D eigenvalue weighted by Gasteiger charge is -2.30. The fraction of sp³-hybridized carbons (Fsp3) is 0.500. The molecule has 2 rings (SSSR count). The molecule has 6 nitrogen and oxygen atoms in total. The van der Waals surface area contributed by atoms with Crippen molar-refractivity contribution < 1.29 is 19.4 Å². The maximum absolute atomic E-state index is 12.0. The van der Waals surface area contributed by atoms with Gasteiger partial charge >= 0.3 is 12.0 Å². The number of aryl methyl sites for hydroxylation is 1. The molecular weight excluding hydrogens is 284 g/mol. The molecule has 1 aromatic carbocycles. The number of carbonyl (C=O) groups is 2. The molecule has 0 aromatic heterocycles. The second-order valence-electron chi connectivity index (χ2n) is 5.47. The zero-order chi connectivity index (χ0) is 15.9. The van der Waals surface area contributed by atoms with Gasteiger partial charge in [0.25, 0.3) is 0 Å². The normalized spacial score (nSPS) is 17.9. The number of benzene rings is 1. The highest BCUT2D eigenvalue weighted by Crippen LogP contribution is 2.17. The number of carbonyl (C=O) groups excluding carboxylic acids is 1. The van der Waals surface area contributed by atoms with Crippen molar-refractivity contribution in [3.05, 3.63) is 29.8 Å². The van der Waals surface area contributed by atoms with Gasteiger partial charge in [-0.05, 0) is 31.4 Å². The van der Waals surface area contributed by atoms with Gasteiger partial charge in [-0.3, -0.25) is 4.79 Å². The maximum atomic E-state index is 12.0. The Morgan fingerprint density at radius 1 is 1.41 bits per heavy atom. The van der Waals surface area contributed by atoms with Crippen LogP contribution in [0.25, 0.3) is 0 Å². The number of aliphatic carboxylic acids is 1. The van der Waals surface area contributed by atoms with Crippen molar-refractivity contribution >= 4 is 12.0 Å². The average molecular weight is 306 g/mol. The molecule has 1 heterocycles. The SMILES string of the molecule is Cc1ccccc1OCCNC(=O)N1CCCC(C(=O)O)C1. The topological polar surface area (TPSA) is 78.9 Å². The molecule has 1 fully saturated rings. The number of likely N-dealkylation sites (tertiary alicyclic amines) is 1. The van der Waals surface area contributed by atoms with E-state index in [4.69, 9.17) is 9.84 Å². The second kappa shape index (κ2) is 7.68. The highest BCUT2D eigenvalue weighted by Gasteiger charge is 2.27. The Bertz CT molecular complexity index is 533. The van der Waals surface area contributed by atoms with Crippen molar-refractivity contribution in [3.8, 4) is 5.75 Å². The Morgan fingerprint density at radius 2 is 2.18 bits per heavy atom. The first-order chi connectivity index (χ1) is 10.6. The van der Waals surface area contributed by atoms with Gasteiger partial charge in [-0.25, -0.2) is 4.79 Å². The Kier molecular flexibility index (Phi) is 5.63. The van der Waals surface area contributed by atoms with E-state index in [1.165, 1.54) is 0 Å². The summed E-state index contributed by atoms with van der Waals surface area (Å²) in [5.74, 6) is -0.483. The fourth-order valence-corrected chi connectivity index (χ4v) is 2.51. The molecule has 1 unspecified atom stereocenters. The van der Waals surface area contributed by atoms with E-state index in [0.29, 0.717) is 26.1 Å². The van der Waals surface area contributed by atoms with Crippen LogP contribution in [-0.4, -0.2) is 48.2 Å². The number of hydrogen-bond donors (Lipinski definition) is 2. The summed E-state index contributed by atoms with van der Waals surface area (Å²) < 4.78 is 5.61. The van der Waals surface area contributed by atoms with Crippen LogP contribution >= 0.6 is 0 Å². The van der Waals surface area contributed by atoms with Crippen molar-refractivity contribution in [1.82, 2.24) is 10.2 Å². The first kappa shape index (κ1) is 16.1. The minimum Gasteiger partial charge on any atom is -0.491 e. The summed E-state index contributed by atoms with van der Waals surface area (Å²) in [5, 5.41) is 11.8. The van der Waals surface area contributed by atoms with Gasteiger partial charge in [0.1, 0.15) is 12.4 Å². The molecule has 0 bridgehead atoms. The second-order valence-corrected chi connectivity index (χ2v) is 5.47. The Balaban J connectivity index is 1.71. The van der Waals surface area contributed by atoms with Crippen LogP contribution in [0.1, 0.15) is 18.4 Å². The monoisotopic (exact) mass is 306 g/mol. The molecule has 1 atom stereocenters. The summed E-state index contributed by atoms with van der Waals surface area (Å²) in [7, 11) is 0. The summed E-state index contributed by atoms with van der Waals surface area (Å²) >= 11 is 0. The molecule has 22 heavy (non-hydrogen) atoms. The highest BCUT2D eigenvalue weighted by atomic mass is 16.5. The summed E-state index contributed by atoms with van der Waals surface area (Å²) in [4.78, 5) is 24.6. The standard InChI is InChI=1S/C16H22N2O4/c1-12-5-2-3-7-14(12)22-10-8-17-16(21)18-9-4-6-13(11-18)15(19)20/h2-3,5,7,13H,4,6,8-11H2,1H3,(H,17,21)(H,19,20). The van der Waals surface area contributed by atoms with Crippen molar-refractivity contribution in [2.75, 3.05) is 26.2 Å². The first-order valence-electron chi connectivity index (χ1n) is 7.52. The number of para-hydroxylation sites is 1. The third-order valence-corrected chi connectivity index (χ3v) is 3.79. The van der Waals surface area contributed by atoms with E-state index < -0.39 is 11.9 Å². The molecule has 1 aromatic rings. The minimum atomic E-state index is -0.833. The van der Waals surface area contributed by atoms with Crippen molar-refractivity contribution in [2.24, 2.45) is 5.92 Å². The van der Waals surface area contributed by atoms with Crippen LogP contribution < -0.4 is 10.1 Å². The van der Waals surface area contributed by atoms with Gasteiger partial charge in [0, 0.05) is 13.1 Å². The lowest BCUT2D eigenvalue weighted by Crippen LogP contribution is -2.47. The van der Waals surface area contributed by atoms with E-state index in [-0.39, 0.29) is 12.6 Å². The van der Waals surface area contributed by atoms with Crippen LogP contribution in [0.3, 0.4) is 0 Å². The molecule has 0 saturated carbocycles. The van der Waals surface area contributed by atoms with Crippen LogP contribution in [0.5, 0.6) is 5.75 Å². The largest absolute Gasteiger partial charge is 0.491 e. The average Bonchev–Trinajstić information content (AvgIpc) is 2.53. The summed E-state index contributed by atoms with van der Waals surface area (Å²) in [6.45, 7) is 3.62. The van der Waals surface area contributed by atoms with E-state index in [2.05, 4.69) is 5.32 Å². The molecule has 1 aliphatic heterocycles. The third kappa shape index (κ3) is 4.38. The van der Waals surface area contributed by atoms with Crippen LogP contribution in [0, 0.1) is 12.8 Å². The summed E-state index contributed by atoms with van der Waals surface area (Å²) in [5.41, 5.74) is 1.05. The van der Waals surface area contributed by atoms with E-state index in [1.54, 1.807) is 4.90 Å². The Morgan fingerprint density at radius 3 is 2.91 bits per heavy atom. The first-order valence-corrected chi connectivity index (χ1v) is 7.52. The molecule has 0 radical (unpaired) electrons. The number of hydrogen-bond acceptors (Lipinski definition) is 3. The number of carboxylic acids is 1. The number of urea groups is 1. The number of nitrogens with one attached hydrogen (secondary N) is 1. The molecule has 6 heteroatoms. The van der Waals surface area contributed by atoms with Crippen LogP contribution in [-0.2, 0) is 4.79 Å². The van der Waals surface area contributed by atoms with Gasteiger partial charge in [-0.2, -0.15) is 0 Å². The molecule has 1 aliphatic rings. The van der Waals surface area contributed by atoms with E-state index in [1.807, 2.05) is 31.2 Å². The van der Waals surface area contributed by atoms with Gasteiger partial charge in [0.2, 0.25) is 0 Å². The number of carboxylic acid groups (broad SMARTS) is 1. The molecule has 2 amide bonds. The number of ether oxygens (including phenoxy) is 1. The van der Waals surface area contributed by atoms with Crippen molar-refractivity contribution in [1.29, 1.82) is 0 Å². The zero-order valence-electron chi connectivity index (χ0n) is 12.7. The zero-order valence-corrected chi connectivity index (χ0v) is 12.7. The summed E-state index contributed by atoms with van der Waals surface area (Å²) in [6.07, 6.45) is 1.36. The molecule has 0 spiro atoms. The van der Waals surface area contributed by atoms with Gasteiger partial charge in [0.05, 0.1) is 12.5 Å². The fourth-order valence-electron chi connectivity index (χ4n) is 2.51. The molecule has 120 valence electrons. The number of amides is 2. The van der Waals surface area contributed by atoms with Crippen LogP contribution in [0.15, 0.2) is 24.3 Å². The van der Waals surface area contributed by atoms with E-state index in [9.17, 15) is 9.59 Å². The number of nitrogens with zero attached hydrogens (tertiary/aromatic N) is 1. The summed E-state index contributed by atoms with van der Waals surface area (Å²) in [6, 6.07) is 7.48. The van der Waals surface area contributed by atoms with Crippen LogP contribution in [0.2, 0.25) is 0 Å². The Hall–Kier alpha value is -2.24. The van der Waals surface area contributed by atoms with Gasteiger partial charge in [-0.1, -0.05) is 18.2 Å². The smallest absolute Gasteiger partial charge is 0.317 e. The van der Waals surface area contributed by atoms with Crippen molar-refractivity contribution in [2.45, 2.75) is 19.8 Å². The number of rotatable bonds is 5. The van der Waals surface area contributed by atoms with E-state index in [0.717, 1.165) is 17.7 Å². The lowest BCUT2D eigenvalue weighted by molar-refractivity contribution is -0.143.